The Balaban J connectivity index is 1.78. The van der Waals surface area contributed by atoms with Crippen LogP contribution in [0.4, 0.5) is 5.69 Å². The van der Waals surface area contributed by atoms with Gasteiger partial charge in [-0.05, 0) is 35.7 Å². The van der Waals surface area contributed by atoms with Crippen molar-refractivity contribution in [2.24, 2.45) is 0 Å². The highest BCUT2D eigenvalue weighted by atomic mass is 16.5. The van der Waals surface area contributed by atoms with Gasteiger partial charge >= 0.3 is 0 Å². The molecule has 3 rings (SSSR count). The van der Waals surface area contributed by atoms with E-state index in [4.69, 9.17) is 9.47 Å². The standard InChI is InChI=1S/C17H18N2O3/c1-21-15-4-3-12(9-16(15)22-2)10-17(20)19-8-6-13-5-7-18-11-14(13)19/h3-5,7,9,11H,6,8,10H2,1-2H3. The summed E-state index contributed by atoms with van der Waals surface area (Å²) in [5.41, 5.74) is 3.00. The lowest BCUT2D eigenvalue weighted by molar-refractivity contribution is -0.117. The summed E-state index contributed by atoms with van der Waals surface area (Å²) in [5.74, 6) is 1.37. The third kappa shape index (κ3) is 2.62. The third-order valence-corrected chi connectivity index (χ3v) is 3.89. The number of rotatable bonds is 4. The topological polar surface area (TPSA) is 51.7 Å². The van der Waals surface area contributed by atoms with Crippen LogP contribution in [0.25, 0.3) is 0 Å². The van der Waals surface area contributed by atoms with Gasteiger partial charge in [-0.15, -0.1) is 0 Å². The lowest BCUT2D eigenvalue weighted by Gasteiger charge is -2.17. The smallest absolute Gasteiger partial charge is 0.231 e. The Bertz CT molecular complexity index is 700. The summed E-state index contributed by atoms with van der Waals surface area (Å²) in [6.07, 6.45) is 4.74. The van der Waals surface area contributed by atoms with E-state index in [9.17, 15) is 4.79 Å². The number of carbonyl (C=O) groups is 1. The SMILES string of the molecule is COc1ccc(CC(=O)N2CCc3ccncc32)cc1OC. The van der Waals surface area contributed by atoms with Crippen molar-refractivity contribution in [2.45, 2.75) is 12.8 Å². The second-order valence-electron chi connectivity index (χ2n) is 5.17. The van der Waals surface area contributed by atoms with Gasteiger partial charge in [0.25, 0.3) is 0 Å². The minimum absolute atomic E-state index is 0.0685. The van der Waals surface area contributed by atoms with Gasteiger partial charge in [0.15, 0.2) is 11.5 Å². The number of anilines is 1. The molecule has 1 aromatic carbocycles. The molecular weight excluding hydrogens is 280 g/mol. The molecule has 5 heteroatoms. The average molecular weight is 298 g/mol. The van der Waals surface area contributed by atoms with Crippen molar-refractivity contribution in [3.8, 4) is 11.5 Å². The normalized spacial score (nSPS) is 12.9. The van der Waals surface area contributed by atoms with E-state index in [1.54, 1.807) is 31.5 Å². The van der Waals surface area contributed by atoms with Gasteiger partial charge in [0.2, 0.25) is 5.91 Å². The summed E-state index contributed by atoms with van der Waals surface area (Å²) in [5, 5.41) is 0. The maximum absolute atomic E-state index is 12.6. The predicted molar refractivity (Wildman–Crippen MR) is 83.5 cm³/mol. The van der Waals surface area contributed by atoms with E-state index in [1.165, 1.54) is 5.56 Å². The van der Waals surface area contributed by atoms with Gasteiger partial charge < -0.3 is 14.4 Å². The van der Waals surface area contributed by atoms with E-state index in [1.807, 2.05) is 24.3 Å². The van der Waals surface area contributed by atoms with Crippen LogP contribution >= 0.6 is 0 Å². The lowest BCUT2D eigenvalue weighted by Crippen LogP contribution is -2.30. The summed E-state index contributed by atoms with van der Waals surface area (Å²) in [6.45, 7) is 0.715. The Morgan fingerprint density at radius 1 is 1.23 bits per heavy atom. The van der Waals surface area contributed by atoms with Crippen LogP contribution in [-0.4, -0.2) is 31.7 Å². The van der Waals surface area contributed by atoms with E-state index in [-0.39, 0.29) is 5.91 Å². The second kappa shape index (κ2) is 6.05. The fraction of sp³-hybridized carbons (Fsp3) is 0.294. The zero-order chi connectivity index (χ0) is 15.5. The zero-order valence-corrected chi connectivity index (χ0v) is 12.7. The molecule has 0 radical (unpaired) electrons. The number of hydrogen-bond acceptors (Lipinski definition) is 4. The van der Waals surface area contributed by atoms with Gasteiger partial charge in [-0.2, -0.15) is 0 Å². The number of amides is 1. The van der Waals surface area contributed by atoms with Crippen molar-refractivity contribution >= 4 is 11.6 Å². The fourth-order valence-corrected chi connectivity index (χ4v) is 2.74. The Kier molecular flexibility index (Phi) is 3.96. The second-order valence-corrected chi connectivity index (χ2v) is 5.17. The van der Waals surface area contributed by atoms with Gasteiger partial charge in [-0.25, -0.2) is 0 Å². The largest absolute Gasteiger partial charge is 0.493 e. The monoisotopic (exact) mass is 298 g/mol. The summed E-state index contributed by atoms with van der Waals surface area (Å²) < 4.78 is 10.5. The molecule has 114 valence electrons. The average Bonchev–Trinajstić information content (AvgIpc) is 2.98. The molecule has 0 saturated carbocycles. The molecule has 1 aliphatic heterocycles. The maximum atomic E-state index is 12.6. The molecule has 2 aromatic rings. The maximum Gasteiger partial charge on any atom is 0.231 e. The van der Waals surface area contributed by atoms with Crippen LogP contribution in [0.3, 0.4) is 0 Å². The minimum atomic E-state index is 0.0685. The first kappa shape index (κ1) is 14.4. The molecule has 0 aliphatic carbocycles. The van der Waals surface area contributed by atoms with E-state index in [0.717, 1.165) is 17.7 Å². The quantitative estimate of drug-likeness (QED) is 0.868. The summed E-state index contributed by atoms with van der Waals surface area (Å²) in [6, 6.07) is 7.52. The molecule has 22 heavy (non-hydrogen) atoms. The molecule has 0 N–H and O–H groups in total. The van der Waals surface area contributed by atoms with Gasteiger partial charge in [0, 0.05) is 12.7 Å². The summed E-state index contributed by atoms with van der Waals surface area (Å²) >= 11 is 0. The van der Waals surface area contributed by atoms with Crippen molar-refractivity contribution in [1.82, 2.24) is 4.98 Å². The minimum Gasteiger partial charge on any atom is -0.493 e. The summed E-state index contributed by atoms with van der Waals surface area (Å²) in [7, 11) is 3.18. The highest BCUT2D eigenvalue weighted by molar-refractivity contribution is 5.96. The zero-order valence-electron chi connectivity index (χ0n) is 12.7. The van der Waals surface area contributed by atoms with Crippen LogP contribution in [0.5, 0.6) is 11.5 Å². The number of aromatic nitrogens is 1. The van der Waals surface area contributed by atoms with Crippen LogP contribution in [0, 0.1) is 0 Å². The molecule has 0 bridgehead atoms. The van der Waals surface area contributed by atoms with Crippen molar-refractivity contribution < 1.29 is 14.3 Å². The molecule has 1 aromatic heterocycles. The Morgan fingerprint density at radius 2 is 2.05 bits per heavy atom. The number of benzene rings is 1. The first-order valence-electron chi connectivity index (χ1n) is 7.17. The number of ether oxygens (including phenoxy) is 2. The van der Waals surface area contributed by atoms with E-state index < -0.39 is 0 Å². The summed E-state index contributed by atoms with van der Waals surface area (Å²) in [4.78, 5) is 18.5. The first-order valence-corrected chi connectivity index (χ1v) is 7.17. The third-order valence-electron chi connectivity index (χ3n) is 3.89. The molecule has 1 aliphatic rings. The van der Waals surface area contributed by atoms with Crippen LogP contribution in [-0.2, 0) is 17.6 Å². The van der Waals surface area contributed by atoms with Crippen LogP contribution in [0.1, 0.15) is 11.1 Å². The highest BCUT2D eigenvalue weighted by Gasteiger charge is 2.24. The highest BCUT2D eigenvalue weighted by Crippen LogP contribution is 2.30. The molecule has 0 saturated heterocycles. The number of fused-ring (bicyclic) bond motifs is 1. The lowest BCUT2D eigenvalue weighted by atomic mass is 10.1. The van der Waals surface area contributed by atoms with E-state index in [0.29, 0.717) is 24.5 Å². The predicted octanol–water partition coefficient (Wildman–Crippen LogP) is 2.23. The van der Waals surface area contributed by atoms with Gasteiger partial charge in [0.05, 0.1) is 32.5 Å². The Hall–Kier alpha value is -2.56. The van der Waals surface area contributed by atoms with E-state index >= 15 is 0 Å². The Morgan fingerprint density at radius 3 is 2.82 bits per heavy atom. The molecule has 1 amide bonds. The molecule has 0 unspecified atom stereocenters. The van der Waals surface area contributed by atoms with Gasteiger partial charge in [-0.1, -0.05) is 6.07 Å². The van der Waals surface area contributed by atoms with Crippen molar-refractivity contribution in [3.05, 3.63) is 47.8 Å². The molecule has 0 spiro atoms. The molecular formula is C17H18N2O3. The molecule has 2 heterocycles. The van der Waals surface area contributed by atoms with Crippen LogP contribution < -0.4 is 14.4 Å². The van der Waals surface area contributed by atoms with Crippen molar-refractivity contribution in [1.29, 1.82) is 0 Å². The first-order chi connectivity index (χ1) is 10.7. The Labute approximate surface area is 129 Å². The van der Waals surface area contributed by atoms with E-state index in [2.05, 4.69) is 4.98 Å². The number of hydrogen-bond donors (Lipinski definition) is 0. The number of carbonyl (C=O) groups excluding carboxylic acids is 1. The fourth-order valence-electron chi connectivity index (χ4n) is 2.74. The molecule has 0 fully saturated rings. The number of pyridine rings is 1. The number of nitrogens with zero attached hydrogens (tertiary/aromatic N) is 2. The van der Waals surface area contributed by atoms with Crippen molar-refractivity contribution in [3.63, 3.8) is 0 Å². The van der Waals surface area contributed by atoms with Crippen LogP contribution in [0.2, 0.25) is 0 Å². The van der Waals surface area contributed by atoms with Gasteiger partial charge in [-0.3, -0.25) is 9.78 Å². The number of methoxy groups -OCH3 is 2. The van der Waals surface area contributed by atoms with Gasteiger partial charge in [0.1, 0.15) is 0 Å². The van der Waals surface area contributed by atoms with Crippen LogP contribution in [0.15, 0.2) is 36.7 Å². The molecule has 5 nitrogen and oxygen atoms in total. The molecule has 0 atom stereocenters. The van der Waals surface area contributed by atoms with Crippen molar-refractivity contribution in [2.75, 3.05) is 25.7 Å².